The minimum Gasteiger partial charge on any atom is -0.457 e. The number of aliphatic hydroxyl groups excluding tert-OH is 1. The summed E-state index contributed by atoms with van der Waals surface area (Å²) in [6.07, 6.45) is 1.01. The van der Waals surface area contributed by atoms with E-state index in [4.69, 9.17) is 9.15 Å². The summed E-state index contributed by atoms with van der Waals surface area (Å²) in [5.74, 6) is -0.0405. The van der Waals surface area contributed by atoms with Gasteiger partial charge in [0.25, 0.3) is 0 Å². The first-order chi connectivity index (χ1) is 15.4. The lowest BCUT2D eigenvalue weighted by atomic mass is 9.95. The van der Waals surface area contributed by atoms with Crippen LogP contribution in [0.15, 0.2) is 45.7 Å². The van der Waals surface area contributed by atoms with Gasteiger partial charge in [-0.1, -0.05) is 6.07 Å². The van der Waals surface area contributed by atoms with E-state index in [2.05, 4.69) is 15.3 Å². The Hall–Kier alpha value is -3.69. The number of aryl methyl sites for hydroxylation is 1. The van der Waals surface area contributed by atoms with Gasteiger partial charge in [-0.25, -0.2) is 14.6 Å². The molecule has 0 fully saturated rings. The number of aromatic amines is 1. The molecule has 9 nitrogen and oxygen atoms in total. The molecule has 0 aliphatic carbocycles. The van der Waals surface area contributed by atoms with Gasteiger partial charge in [0.2, 0.25) is 0 Å². The Labute approximate surface area is 182 Å². The normalized spacial score (nSPS) is 14.0. The maximum Gasteiger partial charge on any atom is 0.419 e. The van der Waals surface area contributed by atoms with E-state index in [1.54, 1.807) is 31.4 Å². The van der Waals surface area contributed by atoms with Crippen molar-refractivity contribution in [1.29, 1.82) is 0 Å². The Morgan fingerprint density at radius 1 is 1.28 bits per heavy atom. The number of cyclic esters (lactones) is 1. The monoisotopic (exact) mass is 434 g/mol. The fourth-order valence-corrected chi connectivity index (χ4v) is 4.05. The number of ether oxygens (including phenoxy) is 1. The number of nitrogens with zero attached hydrogens (tertiary/aromatic N) is 2. The fourth-order valence-electron chi connectivity index (χ4n) is 4.05. The van der Waals surface area contributed by atoms with Crippen molar-refractivity contribution >= 4 is 17.1 Å². The Bertz CT molecular complexity index is 1400. The van der Waals surface area contributed by atoms with Crippen LogP contribution in [0.25, 0.3) is 22.5 Å². The average Bonchev–Trinajstić information content (AvgIpc) is 3.47. The zero-order valence-corrected chi connectivity index (χ0v) is 17.6. The Morgan fingerprint density at radius 3 is 2.97 bits per heavy atom. The van der Waals surface area contributed by atoms with Crippen molar-refractivity contribution in [1.82, 2.24) is 19.9 Å². The number of aliphatic hydroxyl groups is 1. The van der Waals surface area contributed by atoms with Crippen LogP contribution in [0, 0.1) is 6.92 Å². The van der Waals surface area contributed by atoms with Gasteiger partial charge in [0, 0.05) is 43.2 Å². The molecule has 0 radical (unpaired) electrons. The number of fused-ring (bicyclic) bond motifs is 2. The number of nitrogens with one attached hydrogen (secondary N) is 2. The summed E-state index contributed by atoms with van der Waals surface area (Å²) in [7, 11) is 1.66. The number of hydrogen-bond donors (Lipinski definition) is 3. The molecule has 0 saturated heterocycles. The smallest absolute Gasteiger partial charge is 0.419 e. The number of esters is 1. The van der Waals surface area contributed by atoms with Gasteiger partial charge in [-0.2, -0.15) is 0 Å². The van der Waals surface area contributed by atoms with Gasteiger partial charge in [0.15, 0.2) is 5.58 Å². The summed E-state index contributed by atoms with van der Waals surface area (Å²) in [6, 6.07) is 8.94. The number of oxazole rings is 1. The number of H-pyrrole nitrogens is 1. The highest BCUT2D eigenvalue weighted by atomic mass is 16.5. The minimum atomic E-state index is -0.719. The fraction of sp³-hybridized carbons (Fsp3) is 0.261. The first-order valence-corrected chi connectivity index (χ1v) is 10.2. The standard InChI is InChI=1S/C23H22N4O5/c1-12-15(4-5-16-17(12)11-31-22(16)29)19(28)10-24-8-14-9-25-21(26-14)13-3-6-20-18(7-13)27(2)23(30)32-20/h3-7,9,19,24,28H,8,10-11H2,1-2H3,(H,25,26). The second kappa shape index (κ2) is 7.77. The van der Waals surface area contributed by atoms with Crippen LogP contribution in [0.2, 0.25) is 0 Å². The second-order valence-electron chi connectivity index (χ2n) is 7.90. The number of carbonyl (C=O) groups excluding carboxylic acids is 1. The summed E-state index contributed by atoms with van der Waals surface area (Å²) in [5.41, 5.74) is 6.00. The molecule has 9 heteroatoms. The van der Waals surface area contributed by atoms with Crippen molar-refractivity contribution in [2.24, 2.45) is 7.05 Å². The highest BCUT2D eigenvalue weighted by Crippen LogP contribution is 2.29. The van der Waals surface area contributed by atoms with Gasteiger partial charge >= 0.3 is 11.7 Å². The van der Waals surface area contributed by atoms with Gasteiger partial charge in [0.05, 0.1) is 17.2 Å². The third-order valence-corrected chi connectivity index (χ3v) is 5.91. The molecule has 0 spiro atoms. The first-order valence-electron chi connectivity index (χ1n) is 10.2. The van der Waals surface area contributed by atoms with Crippen molar-refractivity contribution < 1.29 is 19.1 Å². The number of rotatable bonds is 6. The van der Waals surface area contributed by atoms with Crippen LogP contribution in [0.5, 0.6) is 0 Å². The van der Waals surface area contributed by atoms with Crippen LogP contribution in [0.1, 0.15) is 38.8 Å². The van der Waals surface area contributed by atoms with E-state index >= 15 is 0 Å². The summed E-state index contributed by atoms with van der Waals surface area (Å²) in [4.78, 5) is 31.0. The molecular formula is C23H22N4O5. The number of imidazole rings is 1. The van der Waals surface area contributed by atoms with Crippen LogP contribution in [0.4, 0.5) is 0 Å². The topological polar surface area (TPSA) is 122 Å². The summed E-state index contributed by atoms with van der Waals surface area (Å²) < 4.78 is 11.7. The predicted molar refractivity (Wildman–Crippen MR) is 116 cm³/mol. The molecule has 2 aromatic carbocycles. The van der Waals surface area contributed by atoms with Crippen LogP contribution in [-0.4, -0.2) is 32.2 Å². The van der Waals surface area contributed by atoms with Crippen molar-refractivity contribution in [3.63, 3.8) is 0 Å². The molecule has 1 atom stereocenters. The quantitative estimate of drug-likeness (QED) is 0.398. The van der Waals surface area contributed by atoms with Crippen molar-refractivity contribution in [3.05, 3.63) is 75.0 Å². The molecule has 164 valence electrons. The first kappa shape index (κ1) is 20.2. The molecule has 0 amide bonds. The van der Waals surface area contributed by atoms with E-state index in [0.717, 1.165) is 27.9 Å². The van der Waals surface area contributed by atoms with Gasteiger partial charge < -0.3 is 24.6 Å². The van der Waals surface area contributed by atoms with Gasteiger partial charge in [0.1, 0.15) is 12.4 Å². The van der Waals surface area contributed by atoms with Crippen LogP contribution >= 0.6 is 0 Å². The molecule has 1 aliphatic rings. The molecule has 0 bridgehead atoms. The molecular weight excluding hydrogens is 412 g/mol. The molecule has 3 N–H and O–H groups in total. The zero-order chi connectivity index (χ0) is 22.4. The van der Waals surface area contributed by atoms with E-state index in [-0.39, 0.29) is 12.6 Å². The lowest BCUT2D eigenvalue weighted by molar-refractivity contribution is 0.0535. The number of aromatic nitrogens is 3. The Morgan fingerprint density at radius 2 is 2.12 bits per heavy atom. The molecule has 4 aromatic rings. The minimum absolute atomic E-state index is 0.254. The summed E-state index contributed by atoms with van der Waals surface area (Å²) in [5, 5.41) is 13.9. The maximum absolute atomic E-state index is 11.7. The molecule has 0 saturated carbocycles. The largest absolute Gasteiger partial charge is 0.457 e. The van der Waals surface area contributed by atoms with Gasteiger partial charge in [-0.05, 0) is 42.3 Å². The maximum atomic E-state index is 11.7. The molecule has 5 rings (SSSR count). The highest BCUT2D eigenvalue weighted by molar-refractivity contribution is 5.94. The number of carbonyl (C=O) groups is 1. The van der Waals surface area contributed by atoms with Crippen LogP contribution in [0.3, 0.4) is 0 Å². The number of benzene rings is 2. The molecule has 2 aromatic heterocycles. The van der Waals surface area contributed by atoms with E-state index in [0.29, 0.717) is 35.6 Å². The van der Waals surface area contributed by atoms with Gasteiger partial charge in [-0.15, -0.1) is 0 Å². The second-order valence-corrected chi connectivity index (χ2v) is 7.90. The van der Waals surface area contributed by atoms with Crippen molar-refractivity contribution in [3.8, 4) is 11.4 Å². The summed E-state index contributed by atoms with van der Waals surface area (Å²) in [6.45, 7) is 2.98. The summed E-state index contributed by atoms with van der Waals surface area (Å²) >= 11 is 0. The third kappa shape index (κ3) is 3.41. The molecule has 1 aliphatic heterocycles. The van der Waals surface area contributed by atoms with Crippen molar-refractivity contribution in [2.75, 3.05) is 6.54 Å². The highest BCUT2D eigenvalue weighted by Gasteiger charge is 2.25. The van der Waals surface area contributed by atoms with Crippen LogP contribution < -0.4 is 11.1 Å². The zero-order valence-electron chi connectivity index (χ0n) is 17.6. The van der Waals surface area contributed by atoms with E-state index in [1.165, 1.54) is 4.57 Å². The lowest BCUT2D eigenvalue weighted by Crippen LogP contribution is -2.22. The lowest BCUT2D eigenvalue weighted by Gasteiger charge is -2.16. The van der Waals surface area contributed by atoms with E-state index in [1.807, 2.05) is 19.1 Å². The van der Waals surface area contributed by atoms with E-state index in [9.17, 15) is 14.7 Å². The Balaban J connectivity index is 1.25. The van der Waals surface area contributed by atoms with Crippen molar-refractivity contribution in [2.45, 2.75) is 26.2 Å². The van der Waals surface area contributed by atoms with Gasteiger partial charge in [-0.3, -0.25) is 4.57 Å². The molecule has 3 heterocycles. The SMILES string of the molecule is Cc1c(C(O)CNCc2cnc(-c3ccc4oc(=O)n(C)c4c3)[nH]2)ccc2c1COC2=O. The molecule has 1 unspecified atom stereocenters. The predicted octanol–water partition coefficient (Wildman–Crippen LogP) is 2.32. The average molecular weight is 434 g/mol. The molecule has 32 heavy (non-hydrogen) atoms. The van der Waals surface area contributed by atoms with Crippen LogP contribution in [-0.2, 0) is 24.9 Å². The number of hydrogen-bond acceptors (Lipinski definition) is 7. The van der Waals surface area contributed by atoms with E-state index < -0.39 is 11.9 Å². The third-order valence-electron chi connectivity index (χ3n) is 5.91. The Kier molecular flexibility index (Phi) is 4.91.